The van der Waals surface area contributed by atoms with Gasteiger partial charge >= 0.3 is 11.9 Å². The van der Waals surface area contributed by atoms with Crippen LogP contribution in [-0.4, -0.2) is 37.7 Å². The van der Waals surface area contributed by atoms with Crippen LogP contribution < -0.4 is 10.1 Å². The fourth-order valence-corrected chi connectivity index (χ4v) is 3.63. The fraction of sp³-hybridized carbons (Fsp3) is 0.250. The van der Waals surface area contributed by atoms with Crippen molar-refractivity contribution >= 4 is 23.5 Å². The van der Waals surface area contributed by atoms with Crippen molar-refractivity contribution in [3.05, 3.63) is 82.9 Å². The molecule has 7 heteroatoms. The Morgan fingerprint density at radius 3 is 2.00 bits per heavy atom. The number of benzene rings is 3. The van der Waals surface area contributed by atoms with Gasteiger partial charge in [0.1, 0.15) is 11.4 Å². The van der Waals surface area contributed by atoms with Gasteiger partial charge in [0, 0.05) is 5.56 Å². The van der Waals surface area contributed by atoms with Crippen LogP contribution in [0.2, 0.25) is 0 Å². The first-order chi connectivity index (χ1) is 16.6. The second kappa shape index (κ2) is 10.4. The highest BCUT2D eigenvalue weighted by atomic mass is 16.6. The van der Waals surface area contributed by atoms with Gasteiger partial charge in [-0.1, -0.05) is 30.3 Å². The molecule has 3 aromatic carbocycles. The Labute approximate surface area is 205 Å². The van der Waals surface area contributed by atoms with Crippen molar-refractivity contribution in [2.75, 3.05) is 19.5 Å². The van der Waals surface area contributed by atoms with Gasteiger partial charge in [-0.3, -0.25) is 4.79 Å². The summed E-state index contributed by atoms with van der Waals surface area (Å²) in [5.41, 5.74) is 1.60. The number of anilines is 1. The summed E-state index contributed by atoms with van der Waals surface area (Å²) in [6, 6.07) is 17.5. The highest BCUT2D eigenvalue weighted by molar-refractivity contribution is 6.14. The van der Waals surface area contributed by atoms with Gasteiger partial charge in [0.25, 0.3) is 5.91 Å². The van der Waals surface area contributed by atoms with Crippen molar-refractivity contribution < 1.29 is 28.6 Å². The van der Waals surface area contributed by atoms with Crippen LogP contribution in [0, 0.1) is 6.92 Å². The average molecular weight is 476 g/mol. The maximum atomic E-state index is 13.3. The number of rotatable bonds is 6. The van der Waals surface area contributed by atoms with Crippen molar-refractivity contribution in [2.45, 2.75) is 33.3 Å². The Hall–Kier alpha value is -4.13. The topological polar surface area (TPSA) is 90.9 Å². The van der Waals surface area contributed by atoms with Gasteiger partial charge in [-0.05, 0) is 74.7 Å². The van der Waals surface area contributed by atoms with Crippen LogP contribution in [0.5, 0.6) is 5.75 Å². The molecule has 0 aliphatic heterocycles. The maximum absolute atomic E-state index is 13.3. The van der Waals surface area contributed by atoms with E-state index in [1.807, 2.05) is 12.1 Å². The van der Waals surface area contributed by atoms with Gasteiger partial charge < -0.3 is 19.5 Å². The molecule has 182 valence electrons. The first-order valence-corrected chi connectivity index (χ1v) is 11.1. The molecule has 7 nitrogen and oxygen atoms in total. The minimum atomic E-state index is -0.826. The number of carbonyl (C=O) groups is 3. The van der Waals surface area contributed by atoms with Crippen molar-refractivity contribution in [2.24, 2.45) is 0 Å². The van der Waals surface area contributed by atoms with Crippen molar-refractivity contribution in [3.63, 3.8) is 0 Å². The smallest absolute Gasteiger partial charge is 0.341 e. The molecule has 1 amide bonds. The van der Waals surface area contributed by atoms with Crippen LogP contribution in [0.25, 0.3) is 11.1 Å². The van der Waals surface area contributed by atoms with Crippen LogP contribution in [-0.2, 0) is 9.47 Å². The molecule has 0 fully saturated rings. The number of amides is 1. The number of hydrogen-bond donors (Lipinski definition) is 1. The Balaban J connectivity index is 2.27. The maximum Gasteiger partial charge on any atom is 0.341 e. The zero-order valence-electron chi connectivity index (χ0n) is 20.7. The third-order valence-electron chi connectivity index (χ3n) is 5.26. The van der Waals surface area contributed by atoms with Crippen LogP contribution in [0.4, 0.5) is 5.69 Å². The zero-order valence-corrected chi connectivity index (χ0v) is 20.7. The first kappa shape index (κ1) is 25.5. The molecular formula is C28H29NO6. The summed E-state index contributed by atoms with van der Waals surface area (Å²) in [5.74, 6) is -1.22. The molecular weight excluding hydrogens is 446 g/mol. The Bertz CT molecular complexity index is 1240. The molecule has 0 radical (unpaired) electrons. The molecule has 0 unspecified atom stereocenters. The molecule has 3 aromatic rings. The van der Waals surface area contributed by atoms with Crippen molar-refractivity contribution in [3.8, 4) is 16.9 Å². The standard InChI is InChI=1S/C28H29NO6/c1-17-21(18-12-14-20(33-5)15-13-18)16-22(29-25(30)19-10-8-7-9-11-19)24(23(17)26(31)34-6)27(32)35-28(2,3)4/h7-16H,1-6H3,(H,29,30). The predicted molar refractivity (Wildman–Crippen MR) is 134 cm³/mol. The first-order valence-electron chi connectivity index (χ1n) is 11.1. The van der Waals surface area contributed by atoms with E-state index in [-0.39, 0.29) is 16.8 Å². The molecule has 0 aromatic heterocycles. The quantitative estimate of drug-likeness (QED) is 0.462. The summed E-state index contributed by atoms with van der Waals surface area (Å²) in [4.78, 5) is 39.3. The molecule has 0 bridgehead atoms. The monoisotopic (exact) mass is 475 g/mol. The van der Waals surface area contributed by atoms with Gasteiger partial charge in [0.15, 0.2) is 0 Å². The van der Waals surface area contributed by atoms with Gasteiger partial charge in [-0.15, -0.1) is 0 Å². The molecule has 0 aliphatic rings. The van der Waals surface area contributed by atoms with Crippen LogP contribution in [0.1, 0.15) is 57.4 Å². The summed E-state index contributed by atoms with van der Waals surface area (Å²) in [6.45, 7) is 6.90. The number of ether oxygens (including phenoxy) is 3. The van der Waals surface area contributed by atoms with Gasteiger partial charge in [0.2, 0.25) is 0 Å². The number of methoxy groups -OCH3 is 2. The molecule has 1 N–H and O–H groups in total. The van der Waals surface area contributed by atoms with Crippen molar-refractivity contribution in [1.82, 2.24) is 0 Å². The number of carbonyl (C=O) groups excluding carboxylic acids is 3. The summed E-state index contributed by atoms with van der Waals surface area (Å²) in [6.07, 6.45) is 0. The second-order valence-corrected chi connectivity index (χ2v) is 8.89. The van der Waals surface area contributed by atoms with Crippen LogP contribution in [0.3, 0.4) is 0 Å². The third kappa shape index (κ3) is 5.87. The van der Waals surface area contributed by atoms with E-state index in [4.69, 9.17) is 14.2 Å². The number of hydrogen-bond acceptors (Lipinski definition) is 6. The summed E-state index contributed by atoms with van der Waals surface area (Å²) < 4.78 is 15.9. The Morgan fingerprint density at radius 2 is 1.46 bits per heavy atom. The highest BCUT2D eigenvalue weighted by Crippen LogP contribution is 2.36. The lowest BCUT2D eigenvalue weighted by Gasteiger charge is -2.24. The molecule has 0 atom stereocenters. The normalized spacial score (nSPS) is 10.9. The summed E-state index contributed by atoms with van der Waals surface area (Å²) in [5, 5.41) is 2.80. The second-order valence-electron chi connectivity index (χ2n) is 8.89. The van der Waals surface area contributed by atoms with E-state index in [9.17, 15) is 14.4 Å². The Kier molecular flexibility index (Phi) is 7.59. The van der Waals surface area contributed by atoms with Crippen LogP contribution >= 0.6 is 0 Å². The molecule has 0 saturated heterocycles. The molecule has 3 rings (SSSR count). The van der Waals surface area contributed by atoms with Crippen molar-refractivity contribution in [1.29, 1.82) is 0 Å². The van der Waals surface area contributed by atoms with Gasteiger partial charge in [-0.25, -0.2) is 9.59 Å². The van der Waals surface area contributed by atoms with Gasteiger partial charge in [0.05, 0.1) is 31.0 Å². The van der Waals surface area contributed by atoms with E-state index in [1.54, 1.807) is 83.3 Å². The zero-order chi connectivity index (χ0) is 25.8. The van der Waals surface area contributed by atoms with E-state index >= 15 is 0 Å². The Morgan fingerprint density at radius 1 is 0.829 bits per heavy atom. The molecule has 0 spiro atoms. The van der Waals surface area contributed by atoms with Crippen LogP contribution in [0.15, 0.2) is 60.7 Å². The largest absolute Gasteiger partial charge is 0.497 e. The fourth-order valence-electron chi connectivity index (χ4n) is 3.63. The van der Waals surface area contributed by atoms with E-state index in [2.05, 4.69) is 5.32 Å². The lowest BCUT2D eigenvalue weighted by molar-refractivity contribution is 0.00664. The van der Waals surface area contributed by atoms with E-state index in [0.29, 0.717) is 22.4 Å². The number of nitrogens with one attached hydrogen (secondary N) is 1. The summed E-state index contributed by atoms with van der Waals surface area (Å²) >= 11 is 0. The number of esters is 2. The highest BCUT2D eigenvalue weighted by Gasteiger charge is 2.31. The average Bonchev–Trinajstić information content (AvgIpc) is 2.83. The van der Waals surface area contributed by atoms with E-state index in [0.717, 1.165) is 5.56 Å². The SMILES string of the molecule is COC(=O)c1c(C)c(-c2ccc(OC)cc2)cc(NC(=O)c2ccccc2)c1C(=O)OC(C)(C)C. The minimum absolute atomic E-state index is 0.0263. The molecule has 0 saturated carbocycles. The lowest BCUT2D eigenvalue weighted by atomic mass is 9.90. The summed E-state index contributed by atoms with van der Waals surface area (Å²) in [7, 11) is 2.81. The molecule has 0 heterocycles. The lowest BCUT2D eigenvalue weighted by Crippen LogP contribution is -2.27. The predicted octanol–water partition coefficient (Wildman–Crippen LogP) is 5.66. The minimum Gasteiger partial charge on any atom is -0.497 e. The van der Waals surface area contributed by atoms with Gasteiger partial charge in [-0.2, -0.15) is 0 Å². The van der Waals surface area contributed by atoms with E-state index < -0.39 is 23.4 Å². The molecule has 0 aliphatic carbocycles. The van der Waals surface area contributed by atoms with E-state index in [1.165, 1.54) is 7.11 Å². The molecule has 35 heavy (non-hydrogen) atoms. The third-order valence-corrected chi connectivity index (χ3v) is 5.26.